The fourth-order valence-corrected chi connectivity index (χ4v) is 4.16. The average Bonchev–Trinajstić information content (AvgIpc) is 2.92. The molecule has 1 aliphatic carbocycles. The average molecular weight is 297 g/mol. The van der Waals surface area contributed by atoms with E-state index in [0.717, 1.165) is 28.1 Å². The van der Waals surface area contributed by atoms with Gasteiger partial charge in [-0.15, -0.1) is 11.3 Å². The number of hydrogen-bond donors (Lipinski definition) is 0. The van der Waals surface area contributed by atoms with Gasteiger partial charge in [0.1, 0.15) is 5.01 Å². The second-order valence-corrected chi connectivity index (χ2v) is 6.17. The Kier molecular flexibility index (Phi) is 2.85. The first-order valence-electron chi connectivity index (χ1n) is 6.86. The van der Waals surface area contributed by atoms with E-state index in [0.29, 0.717) is 0 Å². The van der Waals surface area contributed by atoms with E-state index < -0.39 is 5.79 Å². The largest absolute Gasteiger partial charge is 0.349 e. The molecule has 0 saturated carbocycles. The number of hydrogen-bond acceptors (Lipinski definition) is 4. The lowest BCUT2D eigenvalue weighted by Gasteiger charge is -2.41. The summed E-state index contributed by atoms with van der Waals surface area (Å²) < 4.78 is 12.4. The monoisotopic (exact) mass is 297 g/mol. The van der Waals surface area contributed by atoms with Crippen molar-refractivity contribution in [2.45, 2.75) is 12.2 Å². The van der Waals surface area contributed by atoms with Crippen molar-refractivity contribution in [1.82, 2.24) is 4.98 Å². The summed E-state index contributed by atoms with van der Waals surface area (Å²) in [6.07, 6.45) is 0.795. The van der Waals surface area contributed by atoms with Gasteiger partial charge in [0.25, 0.3) is 0 Å². The van der Waals surface area contributed by atoms with Crippen molar-refractivity contribution in [3.05, 3.63) is 53.6 Å². The predicted octanol–water partition coefficient (Wildman–Crippen LogP) is 3.97. The van der Waals surface area contributed by atoms with E-state index in [4.69, 9.17) is 14.5 Å². The van der Waals surface area contributed by atoms with Crippen LogP contribution in [-0.4, -0.2) is 19.2 Å². The van der Waals surface area contributed by atoms with Crippen LogP contribution in [0, 0.1) is 0 Å². The Morgan fingerprint density at radius 1 is 1.05 bits per heavy atom. The molecule has 2 aromatic carbocycles. The van der Waals surface area contributed by atoms with Gasteiger partial charge in [-0.3, -0.25) is 0 Å². The lowest BCUT2D eigenvalue weighted by Crippen LogP contribution is -2.42. The van der Waals surface area contributed by atoms with E-state index in [2.05, 4.69) is 24.3 Å². The molecule has 0 aliphatic heterocycles. The van der Waals surface area contributed by atoms with Crippen molar-refractivity contribution >= 4 is 21.6 Å². The predicted molar refractivity (Wildman–Crippen MR) is 84.5 cm³/mol. The highest BCUT2D eigenvalue weighted by molar-refractivity contribution is 7.21. The summed E-state index contributed by atoms with van der Waals surface area (Å²) in [5.41, 5.74) is 4.59. The minimum absolute atomic E-state index is 0.602. The van der Waals surface area contributed by atoms with Crippen LogP contribution in [0.1, 0.15) is 11.1 Å². The number of benzene rings is 2. The van der Waals surface area contributed by atoms with E-state index in [1.807, 2.05) is 18.2 Å². The van der Waals surface area contributed by atoms with Crippen LogP contribution in [0.2, 0.25) is 0 Å². The summed E-state index contributed by atoms with van der Waals surface area (Å²) >= 11 is 1.70. The SMILES string of the molecule is COC1(OC)Cc2ccc3nc(-c4ccccc4)sc3c21. The third-order valence-electron chi connectivity index (χ3n) is 4.13. The molecule has 106 valence electrons. The number of thiazole rings is 1. The zero-order valence-electron chi connectivity index (χ0n) is 11.9. The standard InChI is InChI=1S/C17H15NO2S/c1-19-17(20-2)10-12-8-9-13-15(14(12)17)21-16(18-13)11-6-4-3-5-7-11/h3-9H,10H2,1-2H3. The van der Waals surface area contributed by atoms with Gasteiger partial charge in [0.15, 0.2) is 5.79 Å². The first-order chi connectivity index (χ1) is 10.3. The normalized spacial score (nSPS) is 15.7. The van der Waals surface area contributed by atoms with Gasteiger partial charge in [0.05, 0.1) is 10.2 Å². The van der Waals surface area contributed by atoms with Gasteiger partial charge in [-0.2, -0.15) is 0 Å². The highest BCUT2D eigenvalue weighted by atomic mass is 32.1. The second kappa shape index (κ2) is 4.63. The molecule has 1 heterocycles. The van der Waals surface area contributed by atoms with Gasteiger partial charge in [-0.1, -0.05) is 36.4 Å². The molecule has 4 heteroatoms. The first kappa shape index (κ1) is 13.0. The molecule has 3 aromatic rings. The number of aromatic nitrogens is 1. The Balaban J connectivity index is 1.92. The van der Waals surface area contributed by atoms with Gasteiger partial charge in [0, 0.05) is 31.8 Å². The summed E-state index contributed by atoms with van der Waals surface area (Å²) in [5, 5.41) is 1.03. The maximum Gasteiger partial charge on any atom is 0.200 e. The Morgan fingerprint density at radius 2 is 1.81 bits per heavy atom. The summed E-state index contributed by atoms with van der Waals surface area (Å²) in [6, 6.07) is 14.5. The fourth-order valence-electron chi connectivity index (χ4n) is 2.97. The number of rotatable bonds is 3. The molecular weight excluding hydrogens is 282 g/mol. The van der Waals surface area contributed by atoms with Crippen LogP contribution in [0.4, 0.5) is 0 Å². The summed E-state index contributed by atoms with van der Waals surface area (Å²) in [4.78, 5) is 4.76. The molecule has 0 bridgehead atoms. The Hall–Kier alpha value is -1.75. The molecule has 0 saturated heterocycles. The van der Waals surface area contributed by atoms with Crippen LogP contribution >= 0.6 is 11.3 Å². The molecule has 1 aliphatic rings. The molecule has 0 spiro atoms. The Bertz CT molecular complexity index is 806. The molecule has 0 radical (unpaired) electrons. The summed E-state index contributed by atoms with van der Waals surface area (Å²) in [6.45, 7) is 0. The van der Waals surface area contributed by atoms with E-state index in [1.54, 1.807) is 25.6 Å². The number of nitrogens with zero attached hydrogens (tertiary/aromatic N) is 1. The lowest BCUT2D eigenvalue weighted by atomic mass is 9.81. The molecular formula is C17H15NO2S. The molecule has 0 fully saturated rings. The topological polar surface area (TPSA) is 31.4 Å². The molecule has 3 nitrogen and oxygen atoms in total. The molecule has 4 rings (SSSR count). The van der Waals surface area contributed by atoms with Crippen LogP contribution in [0.25, 0.3) is 20.8 Å². The number of fused-ring (bicyclic) bond motifs is 3. The molecule has 0 atom stereocenters. The van der Waals surface area contributed by atoms with Crippen molar-refractivity contribution in [3.63, 3.8) is 0 Å². The van der Waals surface area contributed by atoms with Gasteiger partial charge in [-0.05, 0) is 11.6 Å². The van der Waals surface area contributed by atoms with Gasteiger partial charge >= 0.3 is 0 Å². The summed E-state index contributed by atoms with van der Waals surface area (Å²) in [5.74, 6) is -0.602. The van der Waals surface area contributed by atoms with Crippen LogP contribution in [0.15, 0.2) is 42.5 Å². The summed E-state index contributed by atoms with van der Waals surface area (Å²) in [7, 11) is 3.40. The quantitative estimate of drug-likeness (QED) is 0.686. The van der Waals surface area contributed by atoms with E-state index in [9.17, 15) is 0 Å². The Labute approximate surface area is 127 Å². The van der Waals surface area contributed by atoms with Crippen molar-refractivity contribution in [2.75, 3.05) is 14.2 Å². The highest BCUT2D eigenvalue weighted by Gasteiger charge is 2.45. The van der Waals surface area contributed by atoms with Crippen molar-refractivity contribution in [2.24, 2.45) is 0 Å². The minimum Gasteiger partial charge on any atom is -0.349 e. The molecule has 0 amide bonds. The van der Waals surface area contributed by atoms with Crippen molar-refractivity contribution in [3.8, 4) is 10.6 Å². The van der Waals surface area contributed by atoms with Gasteiger partial charge in [-0.25, -0.2) is 4.98 Å². The van der Waals surface area contributed by atoms with E-state index in [-0.39, 0.29) is 0 Å². The first-order valence-corrected chi connectivity index (χ1v) is 7.68. The van der Waals surface area contributed by atoms with Crippen LogP contribution in [0.5, 0.6) is 0 Å². The third-order valence-corrected chi connectivity index (χ3v) is 5.27. The zero-order chi connectivity index (χ0) is 14.4. The zero-order valence-corrected chi connectivity index (χ0v) is 12.7. The number of ether oxygens (including phenoxy) is 2. The maximum atomic E-state index is 5.63. The van der Waals surface area contributed by atoms with E-state index >= 15 is 0 Å². The second-order valence-electron chi connectivity index (χ2n) is 5.17. The highest BCUT2D eigenvalue weighted by Crippen LogP contribution is 2.48. The molecule has 0 unspecified atom stereocenters. The van der Waals surface area contributed by atoms with Gasteiger partial charge in [0.2, 0.25) is 0 Å². The number of methoxy groups -OCH3 is 2. The van der Waals surface area contributed by atoms with Gasteiger partial charge < -0.3 is 9.47 Å². The maximum absolute atomic E-state index is 5.63. The molecule has 0 N–H and O–H groups in total. The third kappa shape index (κ3) is 1.77. The van der Waals surface area contributed by atoms with Crippen molar-refractivity contribution < 1.29 is 9.47 Å². The minimum atomic E-state index is -0.602. The molecule has 21 heavy (non-hydrogen) atoms. The van der Waals surface area contributed by atoms with Crippen LogP contribution in [0.3, 0.4) is 0 Å². The smallest absolute Gasteiger partial charge is 0.200 e. The molecule has 1 aromatic heterocycles. The van der Waals surface area contributed by atoms with Crippen molar-refractivity contribution in [1.29, 1.82) is 0 Å². The van der Waals surface area contributed by atoms with Crippen LogP contribution < -0.4 is 0 Å². The fraction of sp³-hybridized carbons (Fsp3) is 0.235. The van der Waals surface area contributed by atoms with E-state index in [1.165, 1.54) is 10.3 Å². The lowest BCUT2D eigenvalue weighted by molar-refractivity contribution is -0.229. The van der Waals surface area contributed by atoms with Crippen LogP contribution in [-0.2, 0) is 21.7 Å². The Morgan fingerprint density at radius 3 is 2.52 bits per heavy atom.